The Morgan fingerprint density at radius 2 is 1.91 bits per heavy atom. The van der Waals surface area contributed by atoms with Crippen molar-refractivity contribution in [2.24, 2.45) is 5.92 Å². The van der Waals surface area contributed by atoms with Gasteiger partial charge in [0.2, 0.25) is 5.82 Å². The minimum atomic E-state index is -4.56. The van der Waals surface area contributed by atoms with E-state index >= 15 is 0 Å². The highest BCUT2D eigenvalue weighted by atomic mass is 35.5. The zero-order valence-electron chi connectivity index (χ0n) is 17.3. The number of benzene rings is 1. The summed E-state index contributed by atoms with van der Waals surface area (Å²) in [7, 11) is 0. The third-order valence-electron chi connectivity index (χ3n) is 4.82. The summed E-state index contributed by atoms with van der Waals surface area (Å²) in [6.45, 7) is 4.00. The van der Waals surface area contributed by atoms with Crippen LogP contribution in [0, 0.1) is 12.8 Å². The third kappa shape index (κ3) is 4.78. The number of imidazole rings is 1. The highest BCUT2D eigenvalue weighted by Crippen LogP contribution is 2.35. The Balaban J connectivity index is 1.65. The first kappa shape index (κ1) is 23.3. The number of pyridine rings is 1. The maximum atomic E-state index is 13.1. The molecule has 4 rings (SSSR count). The molecule has 1 aromatic carbocycles. The van der Waals surface area contributed by atoms with E-state index in [0.29, 0.717) is 22.9 Å². The van der Waals surface area contributed by atoms with Gasteiger partial charge in [-0.2, -0.15) is 18.2 Å². The molecular formula is C21H17Cl2F3N4O3. The van der Waals surface area contributed by atoms with E-state index in [1.54, 1.807) is 12.1 Å². The molecule has 33 heavy (non-hydrogen) atoms. The minimum absolute atomic E-state index is 0.00227. The molecule has 7 nitrogen and oxygen atoms in total. The molecule has 0 bridgehead atoms. The van der Waals surface area contributed by atoms with Crippen LogP contribution in [0.25, 0.3) is 28.6 Å². The van der Waals surface area contributed by atoms with Crippen LogP contribution in [0.1, 0.15) is 18.1 Å². The van der Waals surface area contributed by atoms with Gasteiger partial charge in [0.1, 0.15) is 11.4 Å². The molecule has 0 saturated carbocycles. The zero-order valence-corrected chi connectivity index (χ0v) is 18.8. The normalized spacial score (nSPS) is 13.0. The second kappa shape index (κ2) is 8.85. The SMILES string of the molecule is Cc1cc(-c2noc(-c3cn4cc(C(F)(F)F)cc(Cl)c4n3)n2)c(Cl)cc1OC[C@H](C)CO. The van der Waals surface area contributed by atoms with Crippen molar-refractivity contribution in [2.75, 3.05) is 13.2 Å². The van der Waals surface area contributed by atoms with Gasteiger partial charge in [-0.3, -0.25) is 0 Å². The van der Waals surface area contributed by atoms with Crippen molar-refractivity contribution in [2.45, 2.75) is 20.0 Å². The number of aliphatic hydroxyl groups excluding tert-OH is 1. The first-order chi connectivity index (χ1) is 15.6. The van der Waals surface area contributed by atoms with E-state index in [-0.39, 0.29) is 40.6 Å². The number of nitrogens with zero attached hydrogens (tertiary/aromatic N) is 4. The van der Waals surface area contributed by atoms with Gasteiger partial charge in [0.15, 0.2) is 5.65 Å². The van der Waals surface area contributed by atoms with Crippen LogP contribution < -0.4 is 4.74 Å². The molecule has 174 valence electrons. The number of aromatic nitrogens is 4. The van der Waals surface area contributed by atoms with Crippen LogP contribution in [-0.4, -0.2) is 37.8 Å². The van der Waals surface area contributed by atoms with Gasteiger partial charge in [-0.1, -0.05) is 35.3 Å². The number of aryl methyl sites for hydroxylation is 1. The predicted molar refractivity (Wildman–Crippen MR) is 115 cm³/mol. The molecule has 0 amide bonds. The van der Waals surface area contributed by atoms with E-state index in [0.717, 1.165) is 22.2 Å². The van der Waals surface area contributed by atoms with Crippen molar-refractivity contribution in [3.8, 4) is 28.7 Å². The largest absolute Gasteiger partial charge is 0.493 e. The lowest BCUT2D eigenvalue weighted by molar-refractivity contribution is -0.137. The second-order valence-electron chi connectivity index (χ2n) is 7.55. The van der Waals surface area contributed by atoms with E-state index in [4.69, 9.17) is 37.6 Å². The van der Waals surface area contributed by atoms with Gasteiger partial charge in [0, 0.05) is 30.5 Å². The zero-order chi connectivity index (χ0) is 23.9. The van der Waals surface area contributed by atoms with Crippen molar-refractivity contribution in [3.05, 3.63) is 51.8 Å². The van der Waals surface area contributed by atoms with Gasteiger partial charge in [-0.05, 0) is 30.7 Å². The van der Waals surface area contributed by atoms with Crippen LogP contribution in [0.2, 0.25) is 10.0 Å². The smallest absolute Gasteiger partial charge is 0.417 e. The van der Waals surface area contributed by atoms with Crippen molar-refractivity contribution in [1.82, 2.24) is 19.5 Å². The number of ether oxygens (including phenoxy) is 1. The van der Waals surface area contributed by atoms with Crippen molar-refractivity contribution < 1.29 is 27.5 Å². The summed E-state index contributed by atoms with van der Waals surface area (Å²) < 4.78 is 51.3. The fourth-order valence-electron chi connectivity index (χ4n) is 3.03. The molecule has 0 saturated heterocycles. The third-order valence-corrected chi connectivity index (χ3v) is 5.41. The van der Waals surface area contributed by atoms with Crippen LogP contribution in [-0.2, 0) is 6.18 Å². The molecule has 0 spiro atoms. The van der Waals surface area contributed by atoms with Crippen LogP contribution >= 0.6 is 23.2 Å². The van der Waals surface area contributed by atoms with Crippen molar-refractivity contribution >= 4 is 28.8 Å². The highest BCUT2D eigenvalue weighted by molar-refractivity contribution is 6.33. The second-order valence-corrected chi connectivity index (χ2v) is 8.37. The summed E-state index contributed by atoms with van der Waals surface area (Å²) in [5.74, 6) is 0.689. The van der Waals surface area contributed by atoms with Gasteiger partial charge in [0.05, 0.1) is 22.2 Å². The lowest BCUT2D eigenvalue weighted by atomic mass is 10.1. The summed E-state index contributed by atoms with van der Waals surface area (Å²) in [4.78, 5) is 8.50. The summed E-state index contributed by atoms with van der Waals surface area (Å²) in [5, 5.41) is 13.2. The fraction of sp³-hybridized carbons (Fsp3) is 0.286. The first-order valence-corrected chi connectivity index (χ1v) is 10.5. The van der Waals surface area contributed by atoms with E-state index in [9.17, 15) is 13.2 Å². The molecule has 12 heteroatoms. The Hall–Kier alpha value is -2.82. The van der Waals surface area contributed by atoms with Crippen molar-refractivity contribution in [3.63, 3.8) is 0 Å². The minimum Gasteiger partial charge on any atom is -0.493 e. The number of aliphatic hydroxyl groups is 1. The summed E-state index contributed by atoms with van der Waals surface area (Å²) in [6, 6.07) is 4.15. The topological polar surface area (TPSA) is 85.7 Å². The molecule has 3 aromatic heterocycles. The van der Waals surface area contributed by atoms with E-state index in [1.165, 1.54) is 6.20 Å². The highest BCUT2D eigenvalue weighted by Gasteiger charge is 2.32. The number of alkyl halides is 3. The van der Waals surface area contributed by atoms with E-state index < -0.39 is 11.7 Å². The molecule has 4 aromatic rings. The Morgan fingerprint density at radius 3 is 2.61 bits per heavy atom. The lowest BCUT2D eigenvalue weighted by Gasteiger charge is -2.13. The van der Waals surface area contributed by atoms with E-state index in [1.807, 2.05) is 13.8 Å². The molecule has 1 N–H and O–H groups in total. The van der Waals surface area contributed by atoms with Crippen LogP contribution in [0.5, 0.6) is 5.75 Å². The average Bonchev–Trinajstić information content (AvgIpc) is 3.40. The van der Waals surface area contributed by atoms with Crippen LogP contribution in [0.15, 0.2) is 35.1 Å². The Kier molecular flexibility index (Phi) is 6.26. The van der Waals surface area contributed by atoms with Gasteiger partial charge < -0.3 is 18.8 Å². The van der Waals surface area contributed by atoms with Gasteiger partial charge in [-0.25, -0.2) is 4.98 Å². The maximum Gasteiger partial charge on any atom is 0.417 e. The molecule has 0 aliphatic rings. The van der Waals surface area contributed by atoms with Crippen LogP contribution in [0.4, 0.5) is 13.2 Å². The number of hydrogen-bond donors (Lipinski definition) is 1. The number of fused-ring (bicyclic) bond motifs is 1. The number of hydrogen-bond acceptors (Lipinski definition) is 6. The van der Waals surface area contributed by atoms with Crippen LogP contribution in [0.3, 0.4) is 0 Å². The fourth-order valence-corrected chi connectivity index (χ4v) is 3.52. The molecular weight excluding hydrogens is 484 g/mol. The lowest BCUT2D eigenvalue weighted by Crippen LogP contribution is -2.12. The monoisotopic (exact) mass is 500 g/mol. The molecule has 0 unspecified atom stereocenters. The van der Waals surface area contributed by atoms with Gasteiger partial charge in [0.25, 0.3) is 5.89 Å². The maximum absolute atomic E-state index is 13.1. The molecule has 0 aliphatic carbocycles. The van der Waals surface area contributed by atoms with Gasteiger partial charge >= 0.3 is 6.18 Å². The average molecular weight is 501 g/mol. The van der Waals surface area contributed by atoms with Gasteiger partial charge in [-0.15, -0.1) is 0 Å². The summed E-state index contributed by atoms with van der Waals surface area (Å²) in [6.07, 6.45) is -2.36. The predicted octanol–water partition coefficient (Wildman–Crippen LogP) is 5.69. The number of rotatable bonds is 6. The Labute approximate surface area is 195 Å². The first-order valence-electron chi connectivity index (χ1n) is 9.70. The Bertz CT molecular complexity index is 1320. The molecule has 3 heterocycles. The standard InChI is InChI=1S/C21H17Cl2F3N4O3/c1-10(8-31)9-32-17-5-14(22)13(3-11(17)2)18-28-20(33-29-18)16-7-30-6-12(21(24,25)26)4-15(23)19(30)27-16/h3-7,10,31H,8-9H2,1-2H3/t10-/m1/s1. The molecule has 0 fully saturated rings. The van der Waals surface area contributed by atoms with E-state index in [2.05, 4.69) is 15.1 Å². The molecule has 0 aliphatic heterocycles. The summed E-state index contributed by atoms with van der Waals surface area (Å²) >= 11 is 12.4. The molecule has 1 atom stereocenters. The quantitative estimate of drug-likeness (QED) is 0.365. The number of halogens is 5. The van der Waals surface area contributed by atoms with Crippen molar-refractivity contribution in [1.29, 1.82) is 0 Å². The molecule has 0 radical (unpaired) electrons. The Morgan fingerprint density at radius 1 is 1.15 bits per heavy atom. The summed E-state index contributed by atoms with van der Waals surface area (Å²) in [5.41, 5.74) is 0.610.